The molecule has 1 rings (SSSR count). The van der Waals surface area contributed by atoms with Gasteiger partial charge < -0.3 is 0 Å². The SMILES string of the molecule is [Si]c1cc(I)cc(I)c1I. The lowest BCUT2D eigenvalue weighted by molar-refractivity contribution is 1.59. The first-order valence-electron chi connectivity index (χ1n) is 2.47. The summed E-state index contributed by atoms with van der Waals surface area (Å²) in [4.78, 5) is 0. The maximum atomic E-state index is 3.53. The van der Waals surface area contributed by atoms with E-state index in [1.807, 2.05) is 0 Å². The van der Waals surface area contributed by atoms with E-state index >= 15 is 0 Å². The van der Waals surface area contributed by atoms with Gasteiger partial charge in [0.2, 0.25) is 0 Å². The molecule has 51 valence electrons. The molecular weight excluding hydrogens is 481 g/mol. The maximum Gasteiger partial charge on any atom is 0.0727 e. The van der Waals surface area contributed by atoms with Crippen molar-refractivity contribution in [2.45, 2.75) is 0 Å². The third-order valence-corrected chi connectivity index (χ3v) is 5.56. The molecule has 1 aromatic rings. The van der Waals surface area contributed by atoms with E-state index in [1.54, 1.807) is 0 Å². The Morgan fingerprint density at radius 2 is 1.70 bits per heavy atom. The molecule has 0 nitrogen and oxygen atoms in total. The second kappa shape index (κ2) is 4.03. The molecule has 10 heavy (non-hydrogen) atoms. The second-order valence-corrected chi connectivity index (χ2v) is 5.77. The van der Waals surface area contributed by atoms with E-state index in [-0.39, 0.29) is 0 Å². The lowest BCUT2D eigenvalue weighted by Gasteiger charge is -2.00. The molecule has 4 heteroatoms. The van der Waals surface area contributed by atoms with Gasteiger partial charge >= 0.3 is 0 Å². The van der Waals surface area contributed by atoms with Crippen molar-refractivity contribution in [2.75, 3.05) is 0 Å². The zero-order chi connectivity index (χ0) is 7.72. The van der Waals surface area contributed by atoms with Crippen LogP contribution in [0.2, 0.25) is 0 Å². The Balaban J connectivity index is 3.31. The standard InChI is InChI=1S/C6H2I3Si/c7-3-1-4(8)6(9)5(10)2-3/h1-2H. The van der Waals surface area contributed by atoms with Crippen LogP contribution in [0.4, 0.5) is 0 Å². The highest BCUT2D eigenvalue weighted by Crippen LogP contribution is 2.15. The van der Waals surface area contributed by atoms with Crippen LogP contribution in [0.15, 0.2) is 12.1 Å². The van der Waals surface area contributed by atoms with Crippen molar-refractivity contribution in [3.63, 3.8) is 0 Å². The zero-order valence-electron chi connectivity index (χ0n) is 4.79. The van der Waals surface area contributed by atoms with Crippen LogP contribution in [-0.4, -0.2) is 10.2 Å². The average Bonchev–Trinajstić information content (AvgIpc) is 1.82. The number of halogens is 3. The number of hydrogen-bond acceptors (Lipinski definition) is 0. The summed E-state index contributed by atoms with van der Waals surface area (Å²) < 4.78 is 3.86. The summed E-state index contributed by atoms with van der Waals surface area (Å²) in [5.74, 6) is 0. The predicted molar refractivity (Wildman–Crippen MR) is 70.0 cm³/mol. The fourth-order valence-electron chi connectivity index (χ4n) is 0.556. The molecule has 0 N–H and O–H groups in total. The van der Waals surface area contributed by atoms with Crippen LogP contribution >= 0.6 is 67.8 Å². The van der Waals surface area contributed by atoms with E-state index in [4.69, 9.17) is 0 Å². The third kappa shape index (κ3) is 2.31. The van der Waals surface area contributed by atoms with Gasteiger partial charge in [0, 0.05) is 10.7 Å². The molecule has 0 unspecified atom stereocenters. The van der Waals surface area contributed by atoms with Crippen LogP contribution in [0.25, 0.3) is 0 Å². The van der Waals surface area contributed by atoms with Gasteiger partial charge in [-0.3, -0.25) is 0 Å². The highest BCUT2D eigenvalue weighted by molar-refractivity contribution is 14.1. The van der Waals surface area contributed by atoms with Gasteiger partial charge in [-0.2, -0.15) is 0 Å². The highest BCUT2D eigenvalue weighted by atomic mass is 127. The van der Waals surface area contributed by atoms with Crippen molar-refractivity contribution < 1.29 is 0 Å². The smallest absolute Gasteiger partial charge is 0.0522 e. The first-order valence-corrected chi connectivity index (χ1v) is 6.21. The van der Waals surface area contributed by atoms with Crippen molar-refractivity contribution in [1.29, 1.82) is 0 Å². The molecule has 0 spiro atoms. The molecule has 0 aliphatic heterocycles. The van der Waals surface area contributed by atoms with E-state index in [0.29, 0.717) is 0 Å². The van der Waals surface area contributed by atoms with Crippen LogP contribution in [0.5, 0.6) is 0 Å². The van der Waals surface area contributed by atoms with Gasteiger partial charge in [-0.1, -0.05) is 5.19 Å². The molecule has 1 aromatic carbocycles. The lowest BCUT2D eigenvalue weighted by atomic mass is 10.4. The van der Waals surface area contributed by atoms with Crippen LogP contribution in [0, 0.1) is 10.7 Å². The van der Waals surface area contributed by atoms with Gasteiger partial charge in [0.1, 0.15) is 0 Å². The summed E-state index contributed by atoms with van der Waals surface area (Å²) in [6.07, 6.45) is 0. The summed E-state index contributed by atoms with van der Waals surface area (Å²) in [5, 5.41) is 1.18. The first kappa shape index (κ1) is 9.71. The van der Waals surface area contributed by atoms with E-state index in [2.05, 4.69) is 90.1 Å². The van der Waals surface area contributed by atoms with Crippen LogP contribution < -0.4 is 5.19 Å². The van der Waals surface area contributed by atoms with Crippen molar-refractivity contribution in [3.8, 4) is 0 Å². The predicted octanol–water partition coefficient (Wildman–Crippen LogP) is 2.29. The molecule has 0 aliphatic rings. The summed E-state index contributed by atoms with van der Waals surface area (Å²) in [5.41, 5.74) is 0. The van der Waals surface area contributed by atoms with E-state index in [9.17, 15) is 0 Å². The summed E-state index contributed by atoms with van der Waals surface area (Å²) in [7, 11) is 3.53. The largest absolute Gasteiger partial charge is 0.0727 e. The Morgan fingerprint density at radius 1 is 1.10 bits per heavy atom. The van der Waals surface area contributed by atoms with Gasteiger partial charge in [-0.15, -0.1) is 0 Å². The normalized spacial score (nSPS) is 10.0. The number of hydrogen-bond donors (Lipinski definition) is 0. The van der Waals surface area contributed by atoms with Gasteiger partial charge in [0.25, 0.3) is 0 Å². The third-order valence-electron chi connectivity index (χ3n) is 0.993. The molecule has 0 aromatic heterocycles. The van der Waals surface area contributed by atoms with Crippen LogP contribution in [-0.2, 0) is 0 Å². The quantitative estimate of drug-likeness (QED) is 0.302. The molecule has 0 heterocycles. The molecule has 0 aliphatic carbocycles. The van der Waals surface area contributed by atoms with Crippen molar-refractivity contribution >= 4 is 83.2 Å². The van der Waals surface area contributed by atoms with Gasteiger partial charge in [0.15, 0.2) is 0 Å². The van der Waals surface area contributed by atoms with E-state index in [1.165, 1.54) is 15.9 Å². The molecule has 0 bridgehead atoms. The monoisotopic (exact) mass is 483 g/mol. The van der Waals surface area contributed by atoms with E-state index in [0.717, 1.165) is 0 Å². The molecule has 0 saturated heterocycles. The number of benzene rings is 1. The Morgan fingerprint density at radius 3 is 2.20 bits per heavy atom. The molecule has 0 fully saturated rings. The van der Waals surface area contributed by atoms with Gasteiger partial charge in [0.05, 0.1) is 10.2 Å². The minimum Gasteiger partial charge on any atom is -0.0522 e. The molecule has 0 saturated carbocycles. The highest BCUT2D eigenvalue weighted by Gasteiger charge is 2.00. The first-order chi connectivity index (χ1) is 4.61. The van der Waals surface area contributed by atoms with Crippen molar-refractivity contribution in [1.82, 2.24) is 0 Å². The van der Waals surface area contributed by atoms with Crippen LogP contribution in [0.3, 0.4) is 0 Å². The molecule has 0 amide bonds. The summed E-state index contributed by atoms with van der Waals surface area (Å²) >= 11 is 6.97. The molecule has 3 radical (unpaired) electrons. The van der Waals surface area contributed by atoms with Crippen molar-refractivity contribution in [2.24, 2.45) is 0 Å². The van der Waals surface area contributed by atoms with Crippen LogP contribution in [0.1, 0.15) is 0 Å². The fraction of sp³-hybridized carbons (Fsp3) is 0. The summed E-state index contributed by atoms with van der Waals surface area (Å²) in [6.45, 7) is 0. The minimum absolute atomic E-state index is 1.18. The maximum absolute atomic E-state index is 3.53. The Hall–Kier alpha value is 1.63. The topological polar surface area (TPSA) is 0 Å². The molecule has 0 atom stereocenters. The minimum atomic E-state index is 1.18. The average molecular weight is 483 g/mol. The lowest BCUT2D eigenvalue weighted by Crippen LogP contribution is -2.09. The van der Waals surface area contributed by atoms with Crippen molar-refractivity contribution in [3.05, 3.63) is 22.8 Å². The Kier molecular flexibility index (Phi) is 3.92. The number of rotatable bonds is 0. The second-order valence-electron chi connectivity index (χ2n) is 1.75. The Labute approximate surface area is 104 Å². The fourth-order valence-corrected chi connectivity index (χ4v) is 3.55. The van der Waals surface area contributed by atoms with Gasteiger partial charge in [-0.25, -0.2) is 0 Å². The Bertz CT molecular complexity index is 236. The summed E-state index contributed by atoms with van der Waals surface area (Å²) in [6, 6.07) is 4.27. The van der Waals surface area contributed by atoms with Gasteiger partial charge in [-0.05, 0) is 79.9 Å². The van der Waals surface area contributed by atoms with E-state index < -0.39 is 0 Å². The molecular formula is C6H2I3Si. The zero-order valence-corrected chi connectivity index (χ0v) is 12.3.